The van der Waals surface area contributed by atoms with Crippen molar-refractivity contribution in [3.8, 4) is 0 Å². The van der Waals surface area contributed by atoms with Crippen LogP contribution in [0.2, 0.25) is 0 Å². The van der Waals surface area contributed by atoms with E-state index in [1.807, 2.05) is 0 Å². The summed E-state index contributed by atoms with van der Waals surface area (Å²) in [7, 11) is 0. The third-order valence-electron chi connectivity index (χ3n) is 3.85. The normalized spacial score (nSPS) is 16.6. The molecular formula is C17H25N3O2S2. The Labute approximate surface area is 151 Å². The zero-order valence-electron chi connectivity index (χ0n) is 14.7. The van der Waals surface area contributed by atoms with Crippen LogP contribution >= 0.6 is 23.1 Å². The van der Waals surface area contributed by atoms with E-state index in [2.05, 4.69) is 33.0 Å². The molecule has 2 N–H and O–H groups in total. The molecule has 3 heterocycles. The van der Waals surface area contributed by atoms with Gasteiger partial charge in [0.2, 0.25) is 0 Å². The summed E-state index contributed by atoms with van der Waals surface area (Å²) < 4.78 is 7.11. The number of fused-ring (bicyclic) bond motifs is 3. The Bertz CT molecular complexity index is 728. The molecule has 0 spiro atoms. The van der Waals surface area contributed by atoms with E-state index in [0.717, 1.165) is 27.6 Å². The van der Waals surface area contributed by atoms with Crippen LogP contribution in [-0.4, -0.2) is 39.1 Å². The summed E-state index contributed by atoms with van der Waals surface area (Å²) in [6.45, 7) is 10.1. The van der Waals surface area contributed by atoms with Crippen molar-refractivity contribution < 1.29 is 9.84 Å². The average molecular weight is 368 g/mol. The summed E-state index contributed by atoms with van der Waals surface area (Å²) in [6.07, 6.45) is 1.62. The van der Waals surface area contributed by atoms with E-state index in [1.165, 1.54) is 10.4 Å². The summed E-state index contributed by atoms with van der Waals surface area (Å²) in [5.74, 6) is 0.883. The van der Waals surface area contributed by atoms with Crippen LogP contribution in [0.15, 0.2) is 5.16 Å². The Hall–Kier alpha value is -0.890. The van der Waals surface area contributed by atoms with Crippen molar-refractivity contribution in [3.05, 3.63) is 10.4 Å². The van der Waals surface area contributed by atoms with Gasteiger partial charge >= 0.3 is 0 Å². The molecule has 0 aromatic carbocycles. The fourth-order valence-electron chi connectivity index (χ4n) is 2.71. The molecule has 0 fully saturated rings. The summed E-state index contributed by atoms with van der Waals surface area (Å²) in [4.78, 5) is 10.9. The predicted octanol–water partition coefficient (Wildman–Crippen LogP) is 3.84. The second-order valence-corrected chi connectivity index (χ2v) is 9.58. The van der Waals surface area contributed by atoms with E-state index < -0.39 is 0 Å². The van der Waals surface area contributed by atoms with E-state index in [1.54, 1.807) is 23.1 Å². The summed E-state index contributed by atoms with van der Waals surface area (Å²) >= 11 is 3.45. The van der Waals surface area contributed by atoms with Crippen molar-refractivity contribution in [1.82, 2.24) is 9.97 Å². The lowest BCUT2D eigenvalue weighted by Crippen LogP contribution is -2.30. The number of rotatable bonds is 6. The molecule has 2 aromatic rings. The second kappa shape index (κ2) is 7.15. The lowest BCUT2D eigenvalue weighted by molar-refractivity contribution is -0.0383. The first kappa shape index (κ1) is 17.9. The zero-order chi connectivity index (χ0) is 17.3. The maximum atomic E-state index is 9.03. The minimum Gasteiger partial charge on any atom is -0.396 e. The number of aliphatic hydroxyl groups excluding tert-OH is 1. The van der Waals surface area contributed by atoms with Crippen LogP contribution in [-0.2, 0) is 17.8 Å². The number of nitrogens with zero attached hydrogens (tertiary/aromatic N) is 2. The third kappa shape index (κ3) is 3.85. The standard InChI is InChI=1S/C17H25N3O2S2/c1-10(2)23-16-19-13-11-9-22-17(3,4)8-12(11)24-14(13)15(20-16)18-6-5-7-21/h10,21H,5-9H2,1-4H3,(H,18,19,20). The van der Waals surface area contributed by atoms with Gasteiger partial charge in [0.05, 0.1) is 22.4 Å². The van der Waals surface area contributed by atoms with Crippen molar-refractivity contribution in [2.75, 3.05) is 18.5 Å². The minimum absolute atomic E-state index is 0.124. The Morgan fingerprint density at radius 1 is 1.38 bits per heavy atom. The van der Waals surface area contributed by atoms with Gasteiger partial charge in [-0.1, -0.05) is 25.6 Å². The maximum Gasteiger partial charge on any atom is 0.190 e. The molecule has 0 saturated carbocycles. The Balaban J connectivity index is 2.04. The quantitative estimate of drug-likeness (QED) is 0.459. The van der Waals surface area contributed by atoms with Crippen molar-refractivity contribution in [2.24, 2.45) is 0 Å². The van der Waals surface area contributed by atoms with Gasteiger partial charge in [0, 0.05) is 35.3 Å². The summed E-state index contributed by atoms with van der Waals surface area (Å²) in [5, 5.41) is 13.6. The number of aliphatic hydroxyl groups is 1. The van der Waals surface area contributed by atoms with E-state index in [-0.39, 0.29) is 12.2 Å². The van der Waals surface area contributed by atoms with E-state index in [0.29, 0.717) is 24.8 Å². The van der Waals surface area contributed by atoms with Crippen LogP contribution in [0.5, 0.6) is 0 Å². The smallest absolute Gasteiger partial charge is 0.190 e. The molecule has 0 amide bonds. The molecular weight excluding hydrogens is 342 g/mol. The summed E-state index contributed by atoms with van der Waals surface area (Å²) in [6, 6.07) is 0. The molecule has 2 aromatic heterocycles. The maximum absolute atomic E-state index is 9.03. The lowest BCUT2D eigenvalue weighted by atomic mass is 9.98. The SMILES string of the molecule is CC(C)Sc1nc(NCCCO)c2sc3c(c2n1)COC(C)(C)C3. The lowest BCUT2D eigenvalue weighted by Gasteiger charge is -2.29. The van der Waals surface area contributed by atoms with Crippen molar-refractivity contribution in [3.63, 3.8) is 0 Å². The van der Waals surface area contributed by atoms with E-state index in [9.17, 15) is 0 Å². The van der Waals surface area contributed by atoms with Gasteiger partial charge in [-0.25, -0.2) is 9.97 Å². The van der Waals surface area contributed by atoms with Gasteiger partial charge < -0.3 is 15.2 Å². The molecule has 132 valence electrons. The average Bonchev–Trinajstić information content (AvgIpc) is 2.83. The first-order chi connectivity index (χ1) is 11.4. The summed E-state index contributed by atoms with van der Waals surface area (Å²) in [5.41, 5.74) is 2.11. The highest BCUT2D eigenvalue weighted by Crippen LogP contribution is 2.41. The molecule has 0 bridgehead atoms. The van der Waals surface area contributed by atoms with Gasteiger partial charge in [0.25, 0.3) is 0 Å². The van der Waals surface area contributed by atoms with Gasteiger partial charge in [-0.3, -0.25) is 0 Å². The third-order valence-corrected chi connectivity index (χ3v) is 5.95. The molecule has 0 saturated heterocycles. The predicted molar refractivity (Wildman–Crippen MR) is 101 cm³/mol. The number of thioether (sulfide) groups is 1. The van der Waals surface area contributed by atoms with Crippen LogP contribution in [0.3, 0.4) is 0 Å². The highest BCUT2D eigenvalue weighted by Gasteiger charge is 2.30. The Morgan fingerprint density at radius 2 is 2.17 bits per heavy atom. The second-order valence-electron chi connectivity index (χ2n) is 6.93. The van der Waals surface area contributed by atoms with Crippen LogP contribution < -0.4 is 5.32 Å². The van der Waals surface area contributed by atoms with Crippen molar-refractivity contribution >= 4 is 39.1 Å². The first-order valence-electron chi connectivity index (χ1n) is 8.37. The molecule has 7 heteroatoms. The topological polar surface area (TPSA) is 67.3 Å². The highest BCUT2D eigenvalue weighted by molar-refractivity contribution is 7.99. The fourth-order valence-corrected chi connectivity index (χ4v) is 4.85. The molecule has 1 aliphatic rings. The first-order valence-corrected chi connectivity index (χ1v) is 10.1. The Kier molecular flexibility index (Phi) is 5.34. The van der Waals surface area contributed by atoms with Crippen LogP contribution in [0.1, 0.15) is 44.6 Å². The number of anilines is 1. The zero-order valence-corrected chi connectivity index (χ0v) is 16.3. The van der Waals surface area contributed by atoms with E-state index >= 15 is 0 Å². The number of thiophene rings is 1. The van der Waals surface area contributed by atoms with E-state index in [4.69, 9.17) is 19.8 Å². The number of nitrogens with one attached hydrogen (secondary N) is 1. The van der Waals surface area contributed by atoms with Gasteiger partial charge in [-0.05, 0) is 20.3 Å². The van der Waals surface area contributed by atoms with Crippen LogP contribution in [0, 0.1) is 0 Å². The molecule has 0 aliphatic carbocycles. The van der Waals surface area contributed by atoms with Crippen molar-refractivity contribution in [2.45, 2.75) is 63.2 Å². The number of aromatic nitrogens is 2. The molecule has 1 aliphatic heterocycles. The number of ether oxygens (including phenoxy) is 1. The van der Waals surface area contributed by atoms with Gasteiger partial charge in [0.15, 0.2) is 5.16 Å². The fraction of sp³-hybridized carbons (Fsp3) is 0.647. The monoisotopic (exact) mass is 367 g/mol. The van der Waals surface area contributed by atoms with Crippen LogP contribution in [0.25, 0.3) is 10.2 Å². The molecule has 0 unspecified atom stereocenters. The largest absolute Gasteiger partial charge is 0.396 e. The number of hydrogen-bond donors (Lipinski definition) is 2. The Morgan fingerprint density at radius 3 is 2.88 bits per heavy atom. The van der Waals surface area contributed by atoms with Gasteiger partial charge in [0.1, 0.15) is 5.82 Å². The molecule has 5 nitrogen and oxygen atoms in total. The van der Waals surface area contributed by atoms with Gasteiger partial charge in [-0.2, -0.15) is 0 Å². The molecule has 0 radical (unpaired) electrons. The van der Waals surface area contributed by atoms with Crippen LogP contribution in [0.4, 0.5) is 5.82 Å². The molecule has 3 rings (SSSR count). The minimum atomic E-state index is -0.124. The van der Waals surface area contributed by atoms with Gasteiger partial charge in [-0.15, -0.1) is 11.3 Å². The molecule has 24 heavy (non-hydrogen) atoms. The highest BCUT2D eigenvalue weighted by atomic mass is 32.2. The number of hydrogen-bond acceptors (Lipinski definition) is 7. The molecule has 0 atom stereocenters. The van der Waals surface area contributed by atoms with Crippen molar-refractivity contribution in [1.29, 1.82) is 0 Å².